The third kappa shape index (κ3) is 4.45. The molecule has 0 N–H and O–H groups in total. The number of ketones is 1. The molecule has 1 saturated heterocycles. The van der Waals surface area contributed by atoms with Crippen LogP contribution in [0.25, 0.3) is 0 Å². The molecule has 2 rings (SSSR count). The lowest BCUT2D eigenvalue weighted by Crippen LogP contribution is -2.38. The molecule has 1 atom stereocenters. The number of likely N-dealkylation sites (N-methyl/N-ethyl adjacent to an activating group) is 1. The van der Waals surface area contributed by atoms with Crippen LogP contribution in [0.3, 0.4) is 0 Å². The number of Topliss-reactive ketones (excluding diaryl/α,β-unsaturated/α-hetero) is 1. The van der Waals surface area contributed by atoms with E-state index in [-0.39, 0.29) is 18.3 Å². The molecule has 0 aromatic heterocycles. The van der Waals surface area contributed by atoms with Gasteiger partial charge in [-0.25, -0.2) is 4.79 Å². The van der Waals surface area contributed by atoms with Crippen molar-refractivity contribution < 1.29 is 23.8 Å². The van der Waals surface area contributed by atoms with Crippen LogP contribution in [-0.2, 0) is 9.53 Å². The van der Waals surface area contributed by atoms with Gasteiger partial charge in [0.2, 0.25) is 0 Å². The van der Waals surface area contributed by atoms with Gasteiger partial charge in [-0.15, -0.1) is 0 Å². The molecule has 0 bridgehead atoms. The lowest BCUT2D eigenvalue weighted by atomic mass is 10.1. The summed E-state index contributed by atoms with van der Waals surface area (Å²) >= 11 is 0. The van der Waals surface area contributed by atoms with Crippen LogP contribution in [0, 0.1) is 0 Å². The van der Waals surface area contributed by atoms with Gasteiger partial charge in [-0.05, 0) is 51.6 Å². The SMILES string of the molecule is CCOC(=O)C(=O)c1ccc(OC2CCCN(C)C2)c(OC)c1. The summed E-state index contributed by atoms with van der Waals surface area (Å²) in [6.45, 7) is 3.75. The van der Waals surface area contributed by atoms with Crippen LogP contribution in [-0.4, -0.2) is 56.6 Å². The second kappa shape index (κ2) is 7.97. The van der Waals surface area contributed by atoms with E-state index in [0.29, 0.717) is 11.5 Å². The normalized spacial score (nSPS) is 18.3. The van der Waals surface area contributed by atoms with Crippen molar-refractivity contribution in [2.45, 2.75) is 25.9 Å². The fraction of sp³-hybridized carbons (Fsp3) is 0.529. The number of rotatable bonds is 6. The van der Waals surface area contributed by atoms with Crippen molar-refractivity contribution >= 4 is 11.8 Å². The summed E-state index contributed by atoms with van der Waals surface area (Å²) in [5.74, 6) is -0.534. The molecule has 0 amide bonds. The van der Waals surface area contributed by atoms with Crippen LogP contribution in [0.5, 0.6) is 11.5 Å². The second-order valence-corrected chi connectivity index (χ2v) is 5.56. The molecule has 6 heteroatoms. The first kappa shape index (κ1) is 17.3. The average Bonchev–Trinajstić information content (AvgIpc) is 2.55. The Bertz CT molecular complexity index is 572. The van der Waals surface area contributed by atoms with E-state index in [1.54, 1.807) is 19.1 Å². The van der Waals surface area contributed by atoms with E-state index in [1.807, 2.05) is 0 Å². The number of piperidine rings is 1. The van der Waals surface area contributed by atoms with Gasteiger partial charge in [-0.1, -0.05) is 0 Å². The summed E-state index contributed by atoms with van der Waals surface area (Å²) in [7, 11) is 3.57. The highest BCUT2D eigenvalue weighted by atomic mass is 16.5. The number of carbonyl (C=O) groups is 2. The fourth-order valence-corrected chi connectivity index (χ4v) is 2.62. The maximum atomic E-state index is 12.0. The molecule has 0 saturated carbocycles. The topological polar surface area (TPSA) is 65.1 Å². The Morgan fingerprint density at radius 1 is 1.30 bits per heavy atom. The summed E-state index contributed by atoms with van der Waals surface area (Å²) in [6.07, 6.45) is 2.16. The zero-order valence-electron chi connectivity index (χ0n) is 13.8. The van der Waals surface area contributed by atoms with E-state index >= 15 is 0 Å². The van der Waals surface area contributed by atoms with E-state index in [9.17, 15) is 9.59 Å². The zero-order chi connectivity index (χ0) is 16.8. The maximum absolute atomic E-state index is 12.0. The Hall–Kier alpha value is -2.08. The summed E-state index contributed by atoms with van der Waals surface area (Å²) in [6, 6.07) is 4.74. The first-order valence-corrected chi connectivity index (χ1v) is 7.79. The molecule has 1 aromatic rings. The van der Waals surface area contributed by atoms with Crippen LogP contribution in [0.15, 0.2) is 18.2 Å². The lowest BCUT2D eigenvalue weighted by molar-refractivity contribution is -0.137. The maximum Gasteiger partial charge on any atom is 0.379 e. The molecular weight excluding hydrogens is 298 g/mol. The molecule has 23 heavy (non-hydrogen) atoms. The molecule has 1 aliphatic rings. The summed E-state index contributed by atoms with van der Waals surface area (Å²) < 4.78 is 16.0. The van der Waals surface area contributed by atoms with E-state index in [1.165, 1.54) is 13.2 Å². The predicted molar refractivity (Wildman–Crippen MR) is 85.1 cm³/mol. The van der Waals surface area contributed by atoms with Gasteiger partial charge in [-0.3, -0.25) is 4.79 Å². The van der Waals surface area contributed by atoms with Gasteiger partial charge in [0.05, 0.1) is 13.7 Å². The third-order valence-electron chi connectivity index (χ3n) is 3.76. The summed E-state index contributed by atoms with van der Waals surface area (Å²) in [5, 5.41) is 0. The van der Waals surface area contributed by atoms with E-state index < -0.39 is 11.8 Å². The minimum absolute atomic E-state index is 0.0919. The predicted octanol–water partition coefficient (Wildman–Crippen LogP) is 1.91. The van der Waals surface area contributed by atoms with Crippen LogP contribution >= 0.6 is 0 Å². The van der Waals surface area contributed by atoms with Crippen molar-refractivity contribution in [1.82, 2.24) is 4.90 Å². The number of esters is 1. The average molecular weight is 321 g/mol. The number of carbonyl (C=O) groups excluding carboxylic acids is 2. The second-order valence-electron chi connectivity index (χ2n) is 5.56. The Morgan fingerprint density at radius 2 is 2.09 bits per heavy atom. The van der Waals surface area contributed by atoms with Gasteiger partial charge < -0.3 is 19.1 Å². The number of hydrogen-bond donors (Lipinski definition) is 0. The number of likely N-dealkylation sites (tertiary alicyclic amines) is 1. The van der Waals surface area contributed by atoms with Gasteiger partial charge in [0.25, 0.3) is 5.78 Å². The van der Waals surface area contributed by atoms with Crippen LogP contribution in [0.1, 0.15) is 30.1 Å². The van der Waals surface area contributed by atoms with Crippen molar-refractivity contribution in [2.75, 3.05) is 33.9 Å². The number of ether oxygens (including phenoxy) is 3. The van der Waals surface area contributed by atoms with Gasteiger partial charge in [0, 0.05) is 12.1 Å². The van der Waals surface area contributed by atoms with Crippen molar-refractivity contribution in [3.8, 4) is 11.5 Å². The molecule has 1 unspecified atom stereocenters. The van der Waals surface area contributed by atoms with Gasteiger partial charge in [0.1, 0.15) is 6.10 Å². The van der Waals surface area contributed by atoms with E-state index in [2.05, 4.69) is 11.9 Å². The van der Waals surface area contributed by atoms with Crippen molar-refractivity contribution in [3.05, 3.63) is 23.8 Å². The van der Waals surface area contributed by atoms with Crippen LogP contribution < -0.4 is 9.47 Å². The summed E-state index contributed by atoms with van der Waals surface area (Å²) in [5.41, 5.74) is 0.230. The van der Waals surface area contributed by atoms with Gasteiger partial charge in [-0.2, -0.15) is 0 Å². The number of benzene rings is 1. The van der Waals surface area contributed by atoms with Crippen molar-refractivity contribution in [3.63, 3.8) is 0 Å². The minimum atomic E-state index is -0.864. The highest BCUT2D eigenvalue weighted by Crippen LogP contribution is 2.30. The molecule has 126 valence electrons. The molecule has 0 radical (unpaired) electrons. The Morgan fingerprint density at radius 3 is 2.74 bits per heavy atom. The minimum Gasteiger partial charge on any atom is -0.493 e. The molecule has 6 nitrogen and oxygen atoms in total. The van der Waals surface area contributed by atoms with Crippen molar-refractivity contribution in [2.24, 2.45) is 0 Å². The number of nitrogens with zero attached hydrogens (tertiary/aromatic N) is 1. The molecule has 1 heterocycles. The standard InChI is InChI=1S/C17H23NO5/c1-4-22-17(20)16(19)12-7-8-14(15(10-12)21-3)23-13-6-5-9-18(2)11-13/h7-8,10,13H,4-6,9,11H2,1-3H3. The molecule has 1 fully saturated rings. The number of hydrogen-bond acceptors (Lipinski definition) is 6. The largest absolute Gasteiger partial charge is 0.493 e. The zero-order valence-corrected chi connectivity index (χ0v) is 13.8. The van der Waals surface area contributed by atoms with Crippen LogP contribution in [0.4, 0.5) is 0 Å². The fourth-order valence-electron chi connectivity index (χ4n) is 2.62. The lowest BCUT2D eigenvalue weighted by Gasteiger charge is -2.30. The highest BCUT2D eigenvalue weighted by molar-refractivity contribution is 6.40. The van der Waals surface area contributed by atoms with Gasteiger partial charge >= 0.3 is 5.97 Å². The van der Waals surface area contributed by atoms with E-state index in [4.69, 9.17) is 14.2 Å². The number of methoxy groups -OCH3 is 1. The first-order valence-electron chi connectivity index (χ1n) is 7.79. The Balaban J connectivity index is 2.13. The first-order chi connectivity index (χ1) is 11.0. The Kier molecular flexibility index (Phi) is 5.98. The molecular formula is C17H23NO5. The third-order valence-corrected chi connectivity index (χ3v) is 3.76. The molecule has 1 aromatic carbocycles. The van der Waals surface area contributed by atoms with Crippen molar-refractivity contribution in [1.29, 1.82) is 0 Å². The Labute approximate surface area is 136 Å². The monoisotopic (exact) mass is 321 g/mol. The molecule has 1 aliphatic heterocycles. The highest BCUT2D eigenvalue weighted by Gasteiger charge is 2.22. The smallest absolute Gasteiger partial charge is 0.379 e. The molecule has 0 aliphatic carbocycles. The summed E-state index contributed by atoms with van der Waals surface area (Å²) in [4.78, 5) is 25.7. The van der Waals surface area contributed by atoms with Crippen LogP contribution in [0.2, 0.25) is 0 Å². The molecule has 0 spiro atoms. The van der Waals surface area contributed by atoms with E-state index in [0.717, 1.165) is 25.9 Å². The van der Waals surface area contributed by atoms with Gasteiger partial charge in [0.15, 0.2) is 11.5 Å². The quantitative estimate of drug-likeness (QED) is 0.453.